The van der Waals surface area contributed by atoms with Gasteiger partial charge < -0.3 is 9.22 Å². The predicted octanol–water partition coefficient (Wildman–Crippen LogP) is 2.50. The molecule has 0 saturated carbocycles. The van der Waals surface area contributed by atoms with E-state index in [0.29, 0.717) is 0 Å². The van der Waals surface area contributed by atoms with Gasteiger partial charge in [-0.3, -0.25) is 0 Å². The molecule has 0 N–H and O–H groups in total. The van der Waals surface area contributed by atoms with Crippen LogP contribution in [0.2, 0.25) is 0 Å². The van der Waals surface area contributed by atoms with E-state index in [1.54, 1.807) is 0 Å². The lowest BCUT2D eigenvalue weighted by Gasteiger charge is -2.23. The molecule has 0 amide bonds. The van der Waals surface area contributed by atoms with E-state index in [-0.39, 0.29) is 0 Å². The number of ether oxygens (including phenoxy) is 1. The largest absolute Gasteiger partial charge is 0.488 e. The number of allylic oxidation sites excluding steroid dienone is 1. The van der Waals surface area contributed by atoms with Gasteiger partial charge in [0, 0.05) is 0 Å². The van der Waals surface area contributed by atoms with E-state index in [4.69, 9.17) is 4.74 Å². The van der Waals surface area contributed by atoms with E-state index < -0.39 is 0 Å². The standard InChI is InChI=1S/C14H22NO/c1-5-7-13-8-6-9-14(12-13)16-11-10-15(2,3)4/h5-6,8-9,12H,1,7,10-11H2,2-4H3/q+1. The average molecular weight is 220 g/mol. The van der Waals surface area contributed by atoms with Crippen LogP contribution < -0.4 is 4.74 Å². The third kappa shape index (κ3) is 4.99. The molecule has 1 rings (SSSR count). The van der Waals surface area contributed by atoms with Crippen LogP contribution in [0.4, 0.5) is 0 Å². The molecule has 0 aromatic heterocycles. The second kappa shape index (κ2) is 5.71. The zero-order chi connectivity index (χ0) is 12.0. The van der Waals surface area contributed by atoms with Crippen molar-refractivity contribution >= 4 is 0 Å². The van der Waals surface area contributed by atoms with Gasteiger partial charge in [-0.15, -0.1) is 6.58 Å². The summed E-state index contributed by atoms with van der Waals surface area (Å²) in [7, 11) is 6.49. The monoisotopic (exact) mass is 220 g/mol. The fourth-order valence-corrected chi connectivity index (χ4v) is 1.37. The van der Waals surface area contributed by atoms with E-state index in [0.717, 1.165) is 29.8 Å². The summed E-state index contributed by atoms with van der Waals surface area (Å²) < 4.78 is 6.64. The van der Waals surface area contributed by atoms with Crippen LogP contribution in [0.1, 0.15) is 5.56 Å². The molecule has 0 heterocycles. The highest BCUT2D eigenvalue weighted by Gasteiger charge is 2.06. The number of nitrogens with zero attached hydrogens (tertiary/aromatic N) is 1. The lowest BCUT2D eigenvalue weighted by atomic mass is 10.1. The van der Waals surface area contributed by atoms with Gasteiger partial charge in [0.2, 0.25) is 0 Å². The SMILES string of the molecule is C=CCc1cccc(OCC[N+](C)(C)C)c1. The van der Waals surface area contributed by atoms with Crippen LogP contribution in [-0.2, 0) is 6.42 Å². The Kier molecular flexibility index (Phi) is 4.56. The molecule has 1 aromatic rings. The highest BCUT2D eigenvalue weighted by molar-refractivity contribution is 5.29. The molecule has 0 aliphatic carbocycles. The molecule has 0 spiro atoms. The van der Waals surface area contributed by atoms with Gasteiger partial charge in [0.1, 0.15) is 18.9 Å². The Bertz CT molecular complexity index is 339. The summed E-state index contributed by atoms with van der Waals surface area (Å²) in [6, 6.07) is 8.20. The van der Waals surface area contributed by atoms with Crippen molar-refractivity contribution in [3.63, 3.8) is 0 Å². The van der Waals surface area contributed by atoms with Crippen molar-refractivity contribution < 1.29 is 9.22 Å². The Morgan fingerprint density at radius 2 is 2.06 bits per heavy atom. The lowest BCUT2D eigenvalue weighted by molar-refractivity contribution is -0.870. The van der Waals surface area contributed by atoms with Crippen LogP contribution in [0.5, 0.6) is 5.75 Å². The zero-order valence-corrected chi connectivity index (χ0v) is 10.6. The van der Waals surface area contributed by atoms with Crippen molar-refractivity contribution in [3.05, 3.63) is 42.5 Å². The Morgan fingerprint density at radius 3 is 2.69 bits per heavy atom. The van der Waals surface area contributed by atoms with Gasteiger partial charge in [0.15, 0.2) is 0 Å². The quantitative estimate of drug-likeness (QED) is 0.529. The van der Waals surface area contributed by atoms with Crippen LogP contribution in [0.3, 0.4) is 0 Å². The van der Waals surface area contributed by atoms with E-state index in [9.17, 15) is 0 Å². The van der Waals surface area contributed by atoms with E-state index >= 15 is 0 Å². The lowest BCUT2D eigenvalue weighted by Crippen LogP contribution is -2.38. The molecule has 0 bridgehead atoms. The number of rotatable bonds is 6. The van der Waals surface area contributed by atoms with Gasteiger partial charge in [-0.2, -0.15) is 0 Å². The van der Waals surface area contributed by atoms with Crippen molar-refractivity contribution in [2.24, 2.45) is 0 Å². The first-order valence-electron chi connectivity index (χ1n) is 5.64. The van der Waals surface area contributed by atoms with Gasteiger partial charge in [-0.1, -0.05) is 18.2 Å². The minimum absolute atomic E-state index is 0.751. The molecule has 0 atom stereocenters. The van der Waals surface area contributed by atoms with Crippen molar-refractivity contribution in [1.29, 1.82) is 0 Å². The minimum Gasteiger partial charge on any atom is -0.488 e. The van der Waals surface area contributed by atoms with Gasteiger partial charge in [-0.25, -0.2) is 0 Å². The average Bonchev–Trinajstić information content (AvgIpc) is 2.17. The fraction of sp³-hybridized carbons (Fsp3) is 0.429. The third-order valence-corrected chi connectivity index (χ3v) is 2.31. The van der Waals surface area contributed by atoms with Crippen LogP contribution in [0.15, 0.2) is 36.9 Å². The molecule has 0 radical (unpaired) electrons. The Balaban J connectivity index is 2.47. The van der Waals surface area contributed by atoms with Crippen molar-refractivity contribution in [2.75, 3.05) is 34.3 Å². The van der Waals surface area contributed by atoms with Crippen LogP contribution in [-0.4, -0.2) is 38.8 Å². The zero-order valence-electron chi connectivity index (χ0n) is 10.6. The van der Waals surface area contributed by atoms with E-state index in [2.05, 4.69) is 39.9 Å². The molecule has 0 aliphatic rings. The van der Waals surface area contributed by atoms with Gasteiger partial charge >= 0.3 is 0 Å². The minimum atomic E-state index is 0.751. The van der Waals surface area contributed by atoms with Gasteiger partial charge in [0.25, 0.3) is 0 Å². The summed E-state index contributed by atoms with van der Waals surface area (Å²) in [4.78, 5) is 0. The molecular formula is C14H22NO+. The highest BCUT2D eigenvalue weighted by atomic mass is 16.5. The van der Waals surface area contributed by atoms with E-state index in [1.807, 2.05) is 18.2 Å². The second-order valence-corrected chi connectivity index (χ2v) is 5.00. The molecule has 0 saturated heterocycles. The first-order chi connectivity index (χ1) is 7.51. The number of benzene rings is 1. The highest BCUT2D eigenvalue weighted by Crippen LogP contribution is 2.14. The molecule has 88 valence electrons. The van der Waals surface area contributed by atoms with Crippen LogP contribution in [0.25, 0.3) is 0 Å². The molecule has 1 aromatic carbocycles. The number of quaternary nitrogens is 1. The first-order valence-corrected chi connectivity index (χ1v) is 5.64. The summed E-state index contributed by atoms with van der Waals surface area (Å²) >= 11 is 0. The smallest absolute Gasteiger partial charge is 0.137 e. The molecule has 2 nitrogen and oxygen atoms in total. The summed E-state index contributed by atoms with van der Waals surface area (Å²) in [6.45, 7) is 5.49. The summed E-state index contributed by atoms with van der Waals surface area (Å²) in [5.41, 5.74) is 1.25. The number of likely N-dealkylation sites (N-methyl/N-ethyl adjacent to an activating group) is 1. The topological polar surface area (TPSA) is 9.23 Å². The van der Waals surface area contributed by atoms with Crippen LogP contribution >= 0.6 is 0 Å². The Labute approximate surface area is 98.7 Å². The summed E-state index contributed by atoms with van der Waals surface area (Å²) in [5, 5.41) is 0. The first kappa shape index (κ1) is 12.8. The predicted molar refractivity (Wildman–Crippen MR) is 68.7 cm³/mol. The maximum absolute atomic E-state index is 5.72. The molecular weight excluding hydrogens is 198 g/mol. The van der Waals surface area contributed by atoms with Crippen molar-refractivity contribution in [2.45, 2.75) is 6.42 Å². The third-order valence-electron chi connectivity index (χ3n) is 2.31. The van der Waals surface area contributed by atoms with Gasteiger partial charge in [0.05, 0.1) is 21.1 Å². The summed E-state index contributed by atoms with van der Waals surface area (Å²) in [5.74, 6) is 0.952. The maximum Gasteiger partial charge on any atom is 0.137 e. The fourth-order valence-electron chi connectivity index (χ4n) is 1.37. The Morgan fingerprint density at radius 1 is 1.31 bits per heavy atom. The molecule has 0 unspecified atom stereocenters. The van der Waals surface area contributed by atoms with Crippen molar-refractivity contribution in [3.8, 4) is 5.75 Å². The normalized spacial score (nSPS) is 11.2. The number of hydrogen-bond donors (Lipinski definition) is 0. The van der Waals surface area contributed by atoms with Crippen LogP contribution in [0, 0.1) is 0 Å². The second-order valence-electron chi connectivity index (χ2n) is 5.00. The van der Waals surface area contributed by atoms with Gasteiger partial charge in [-0.05, 0) is 24.1 Å². The van der Waals surface area contributed by atoms with E-state index in [1.165, 1.54) is 5.56 Å². The molecule has 0 aliphatic heterocycles. The molecule has 2 heteroatoms. The number of hydrogen-bond acceptors (Lipinski definition) is 1. The maximum atomic E-state index is 5.72. The molecule has 16 heavy (non-hydrogen) atoms. The Hall–Kier alpha value is -1.28. The van der Waals surface area contributed by atoms with Crippen molar-refractivity contribution in [1.82, 2.24) is 0 Å². The summed E-state index contributed by atoms with van der Waals surface area (Å²) in [6.07, 6.45) is 2.80. The molecule has 0 fully saturated rings.